The van der Waals surface area contributed by atoms with E-state index >= 15 is 0 Å². The fourth-order valence-electron chi connectivity index (χ4n) is 1.22. The third-order valence-electron chi connectivity index (χ3n) is 2.31. The Morgan fingerprint density at radius 1 is 0.818 bits per heavy atom. The summed E-state index contributed by atoms with van der Waals surface area (Å²) in [6.45, 7) is 0. The molecular weight excluding hydrogens is 340 g/mol. The predicted octanol–water partition coefficient (Wildman–Crippen LogP) is -0.0409. The summed E-state index contributed by atoms with van der Waals surface area (Å²) in [7, 11) is -6.22. The predicted molar refractivity (Wildman–Crippen MR) is 75.8 cm³/mol. The van der Waals surface area contributed by atoms with Gasteiger partial charge >= 0.3 is 22.1 Å². The molecule has 0 aromatic carbocycles. The number of sulfone groups is 1. The molecule has 0 unspecified atom stereocenters. The minimum absolute atomic E-state index is 0.0115. The molecule has 0 spiro atoms. The first kappa shape index (κ1) is 20.8. The van der Waals surface area contributed by atoms with Crippen LogP contribution in [-0.4, -0.2) is 54.0 Å². The molecule has 0 rings (SSSR count). The fraction of sp³-hybridized carbons (Fsp3) is 0.818. The second kappa shape index (κ2) is 9.74. The Balaban J connectivity index is 3.69. The van der Waals surface area contributed by atoms with Crippen molar-refractivity contribution in [3.8, 4) is 0 Å². The van der Waals surface area contributed by atoms with Gasteiger partial charge in [0.05, 0.1) is 7.11 Å². The van der Waals surface area contributed by atoms with Crippen LogP contribution in [0, 0.1) is 0 Å². The van der Waals surface area contributed by atoms with Crippen LogP contribution < -0.4 is 0 Å². The normalized spacial score (nSPS) is 11.9. The van der Waals surface area contributed by atoms with Gasteiger partial charge in [0.15, 0.2) is 15.8 Å². The Morgan fingerprint density at radius 2 is 1.27 bits per heavy atom. The topological polar surface area (TPSA) is 130 Å². The summed E-state index contributed by atoms with van der Waals surface area (Å²) in [6, 6.07) is 0. The number of carbonyl (C=O) groups is 2. The summed E-state index contributed by atoms with van der Waals surface area (Å²) < 4.78 is 56.4. The summed E-state index contributed by atoms with van der Waals surface area (Å²) in [6.07, 6.45) is 2.35. The molecule has 0 aromatic heterocycles. The molecule has 0 aliphatic heterocycles. The van der Waals surface area contributed by atoms with Crippen molar-refractivity contribution in [2.24, 2.45) is 0 Å². The van der Waals surface area contributed by atoms with Crippen LogP contribution in [0.2, 0.25) is 0 Å². The molecule has 0 aliphatic rings. The maximum absolute atomic E-state index is 11.2. The molecule has 11 heteroatoms. The first-order valence-corrected chi connectivity index (χ1v) is 9.97. The number of ether oxygens (including phenoxy) is 2. The van der Waals surface area contributed by atoms with Crippen molar-refractivity contribution >= 4 is 31.9 Å². The van der Waals surface area contributed by atoms with E-state index in [0.717, 1.165) is 13.4 Å². The Kier molecular flexibility index (Phi) is 9.21. The van der Waals surface area contributed by atoms with Gasteiger partial charge in [-0.1, -0.05) is 6.42 Å². The lowest BCUT2D eigenvalue weighted by Crippen LogP contribution is -2.15. The highest BCUT2D eigenvalue weighted by Gasteiger charge is 2.13. The van der Waals surface area contributed by atoms with Gasteiger partial charge in [0, 0.05) is 19.1 Å². The van der Waals surface area contributed by atoms with Crippen LogP contribution in [-0.2, 0) is 43.2 Å². The molecule has 0 aromatic rings. The van der Waals surface area contributed by atoms with Gasteiger partial charge in [-0.25, -0.2) is 8.42 Å². The zero-order valence-corrected chi connectivity index (χ0v) is 14.1. The summed E-state index contributed by atoms with van der Waals surface area (Å²) in [5, 5.41) is 0. The molecule has 0 radical (unpaired) electrons. The van der Waals surface area contributed by atoms with Crippen molar-refractivity contribution in [2.45, 2.75) is 32.1 Å². The van der Waals surface area contributed by atoms with Gasteiger partial charge in [-0.05, 0) is 12.8 Å². The molecular formula is C11H20O9S2. The van der Waals surface area contributed by atoms with E-state index < -0.39 is 43.8 Å². The quantitative estimate of drug-likeness (QED) is 0.283. The van der Waals surface area contributed by atoms with Crippen molar-refractivity contribution < 1.29 is 40.1 Å². The first-order chi connectivity index (χ1) is 10.1. The van der Waals surface area contributed by atoms with E-state index in [1.807, 2.05) is 0 Å². The number of hydrogen-bond acceptors (Lipinski definition) is 9. The van der Waals surface area contributed by atoms with Crippen LogP contribution in [0.3, 0.4) is 0 Å². The second-order valence-corrected chi connectivity index (χ2v) is 8.25. The van der Waals surface area contributed by atoms with Crippen molar-refractivity contribution in [2.75, 3.05) is 25.2 Å². The minimum atomic E-state index is -3.83. The first-order valence-electron chi connectivity index (χ1n) is 6.33. The molecule has 0 heterocycles. The SMILES string of the molecule is COS(=O)(=O)COC(=O)CCCCCC(=O)OCS(C)(=O)=O. The zero-order valence-electron chi connectivity index (χ0n) is 12.4. The lowest BCUT2D eigenvalue weighted by atomic mass is 10.1. The summed E-state index contributed by atoms with van der Waals surface area (Å²) >= 11 is 0. The Morgan fingerprint density at radius 3 is 1.68 bits per heavy atom. The third kappa shape index (κ3) is 12.5. The lowest BCUT2D eigenvalue weighted by molar-refractivity contribution is -0.142. The average molecular weight is 360 g/mol. The van der Waals surface area contributed by atoms with E-state index in [1.165, 1.54) is 0 Å². The lowest BCUT2D eigenvalue weighted by Gasteiger charge is -2.05. The highest BCUT2D eigenvalue weighted by atomic mass is 32.2. The monoisotopic (exact) mass is 360 g/mol. The highest BCUT2D eigenvalue weighted by Crippen LogP contribution is 2.06. The van der Waals surface area contributed by atoms with Crippen molar-refractivity contribution in [3.63, 3.8) is 0 Å². The molecule has 0 N–H and O–H groups in total. The van der Waals surface area contributed by atoms with Gasteiger partial charge < -0.3 is 9.47 Å². The number of carbonyl (C=O) groups excluding carboxylic acids is 2. The fourth-order valence-corrected chi connectivity index (χ4v) is 1.94. The third-order valence-corrected chi connectivity index (χ3v) is 3.77. The van der Waals surface area contributed by atoms with Crippen LogP contribution >= 0.6 is 0 Å². The smallest absolute Gasteiger partial charge is 0.306 e. The molecule has 9 nitrogen and oxygen atoms in total. The molecule has 22 heavy (non-hydrogen) atoms. The largest absolute Gasteiger partial charge is 0.449 e. The Labute approximate surface area is 130 Å². The summed E-state index contributed by atoms with van der Waals surface area (Å²) in [5.74, 6) is -2.79. The second-order valence-electron chi connectivity index (χ2n) is 4.48. The molecule has 0 saturated heterocycles. The number of esters is 2. The van der Waals surface area contributed by atoms with Gasteiger partial charge in [-0.15, -0.1) is 0 Å². The van der Waals surface area contributed by atoms with Crippen molar-refractivity contribution in [1.82, 2.24) is 0 Å². The van der Waals surface area contributed by atoms with Gasteiger partial charge in [0.1, 0.15) is 0 Å². The molecule has 0 aliphatic carbocycles. The number of unbranched alkanes of at least 4 members (excludes halogenated alkanes) is 2. The average Bonchev–Trinajstić information content (AvgIpc) is 2.42. The van der Waals surface area contributed by atoms with Crippen LogP contribution in [0.15, 0.2) is 0 Å². The van der Waals surface area contributed by atoms with Gasteiger partial charge in [-0.3, -0.25) is 13.8 Å². The summed E-state index contributed by atoms with van der Waals surface area (Å²) in [4.78, 5) is 22.4. The Bertz CT molecular complexity index is 562. The van der Waals surface area contributed by atoms with Gasteiger partial charge in [0.2, 0.25) is 5.94 Å². The van der Waals surface area contributed by atoms with Gasteiger partial charge in [0.25, 0.3) is 0 Å². The van der Waals surface area contributed by atoms with Crippen molar-refractivity contribution in [1.29, 1.82) is 0 Å². The molecule has 0 bridgehead atoms. The number of hydrogen-bond donors (Lipinski definition) is 0. The van der Waals surface area contributed by atoms with Crippen LogP contribution in [0.5, 0.6) is 0 Å². The maximum Gasteiger partial charge on any atom is 0.306 e. The highest BCUT2D eigenvalue weighted by molar-refractivity contribution is 7.90. The summed E-state index contributed by atoms with van der Waals surface area (Å²) in [5.41, 5.74) is 0. The van der Waals surface area contributed by atoms with E-state index in [1.54, 1.807) is 0 Å². The van der Waals surface area contributed by atoms with E-state index in [-0.39, 0.29) is 12.8 Å². The molecule has 0 amide bonds. The number of rotatable bonds is 11. The van der Waals surface area contributed by atoms with Gasteiger partial charge in [-0.2, -0.15) is 8.42 Å². The van der Waals surface area contributed by atoms with Crippen LogP contribution in [0.4, 0.5) is 0 Å². The zero-order chi connectivity index (χ0) is 17.2. The molecule has 0 saturated carbocycles. The van der Waals surface area contributed by atoms with E-state index in [4.69, 9.17) is 0 Å². The molecule has 0 atom stereocenters. The molecule has 0 fully saturated rings. The maximum atomic E-state index is 11.2. The molecule has 130 valence electrons. The minimum Gasteiger partial charge on any atom is -0.449 e. The van der Waals surface area contributed by atoms with Crippen LogP contribution in [0.25, 0.3) is 0 Å². The van der Waals surface area contributed by atoms with E-state index in [0.29, 0.717) is 19.3 Å². The van der Waals surface area contributed by atoms with E-state index in [9.17, 15) is 26.4 Å². The van der Waals surface area contributed by atoms with Crippen molar-refractivity contribution in [3.05, 3.63) is 0 Å². The van der Waals surface area contributed by atoms with Crippen LogP contribution in [0.1, 0.15) is 32.1 Å². The standard InChI is InChI=1S/C11H20O9S2/c1-18-22(16,17)9-20-11(13)7-5-3-4-6-10(12)19-8-21(2,14)15/h3-9H2,1-2H3. The Hall–Kier alpha value is -1.20. The van der Waals surface area contributed by atoms with E-state index in [2.05, 4.69) is 13.7 Å².